The van der Waals surface area contributed by atoms with Crippen molar-refractivity contribution < 1.29 is 17.6 Å². The number of amides is 1. The number of hydrogen-bond acceptors (Lipinski definition) is 6. The summed E-state index contributed by atoms with van der Waals surface area (Å²) in [4.78, 5) is 16.9. The van der Waals surface area contributed by atoms with Gasteiger partial charge in [0.25, 0.3) is 15.9 Å². The molecule has 2 N–H and O–H groups in total. The van der Waals surface area contributed by atoms with Crippen molar-refractivity contribution in [3.63, 3.8) is 0 Å². The van der Waals surface area contributed by atoms with E-state index in [1.54, 1.807) is 25.1 Å². The van der Waals surface area contributed by atoms with E-state index >= 15 is 0 Å². The lowest BCUT2D eigenvalue weighted by Crippen LogP contribution is -2.28. The normalized spacial score (nSPS) is 12.5. The maximum atomic E-state index is 13.2. The van der Waals surface area contributed by atoms with E-state index in [0.717, 1.165) is 11.5 Å². The van der Waals surface area contributed by atoms with Crippen LogP contribution in [0.4, 0.5) is 10.1 Å². The summed E-state index contributed by atoms with van der Waals surface area (Å²) in [6.07, 6.45) is 2.81. The molecule has 0 radical (unpaired) electrons. The minimum atomic E-state index is -4.14. The summed E-state index contributed by atoms with van der Waals surface area (Å²) >= 11 is 7.21. The van der Waals surface area contributed by atoms with Gasteiger partial charge in [0, 0.05) is 11.2 Å². The first-order valence-electron chi connectivity index (χ1n) is 9.33. The van der Waals surface area contributed by atoms with Gasteiger partial charge in [-0.3, -0.25) is 9.52 Å². The van der Waals surface area contributed by atoms with E-state index in [-0.39, 0.29) is 27.1 Å². The molecule has 1 unspecified atom stereocenters. The van der Waals surface area contributed by atoms with Gasteiger partial charge in [-0.05, 0) is 60.4 Å². The number of pyridine rings is 1. The maximum Gasteiger partial charge on any atom is 0.280 e. The second kappa shape index (κ2) is 8.81. The Balaban J connectivity index is 1.64. The van der Waals surface area contributed by atoms with Crippen LogP contribution in [0.2, 0.25) is 5.02 Å². The molecule has 0 aliphatic heterocycles. The van der Waals surface area contributed by atoms with E-state index in [9.17, 15) is 17.6 Å². The summed E-state index contributed by atoms with van der Waals surface area (Å²) in [7, 11) is -4.14. The molecule has 0 saturated carbocycles. The van der Waals surface area contributed by atoms with Crippen LogP contribution in [0.15, 0.2) is 66.0 Å². The number of fused-ring (bicyclic) bond motifs is 1. The first-order valence-corrected chi connectivity index (χ1v) is 12.0. The summed E-state index contributed by atoms with van der Waals surface area (Å²) in [5.41, 5.74) is 0.766. The molecule has 7 nitrogen and oxygen atoms in total. The highest BCUT2D eigenvalue weighted by Crippen LogP contribution is 2.28. The molecular weight excluding hydrogens is 475 g/mol. The Morgan fingerprint density at radius 3 is 2.66 bits per heavy atom. The Kier molecular flexibility index (Phi) is 6.09. The van der Waals surface area contributed by atoms with Gasteiger partial charge in [-0.25, -0.2) is 9.37 Å². The summed E-state index contributed by atoms with van der Waals surface area (Å²) in [5.74, 6) is -0.911. The van der Waals surface area contributed by atoms with Crippen LogP contribution in [0.25, 0.3) is 10.1 Å². The Hall–Kier alpha value is -3.08. The van der Waals surface area contributed by atoms with Crippen LogP contribution in [-0.4, -0.2) is 23.7 Å². The molecule has 4 aromatic rings. The third kappa shape index (κ3) is 4.57. The molecule has 32 heavy (non-hydrogen) atoms. The van der Waals surface area contributed by atoms with Gasteiger partial charge in [-0.15, -0.1) is 0 Å². The van der Waals surface area contributed by atoms with Crippen molar-refractivity contribution in [1.29, 1.82) is 0 Å². The molecule has 164 valence electrons. The van der Waals surface area contributed by atoms with Crippen LogP contribution in [0.3, 0.4) is 0 Å². The summed E-state index contributed by atoms with van der Waals surface area (Å²) in [6.45, 7) is 1.74. The Morgan fingerprint density at radius 1 is 1.16 bits per heavy atom. The monoisotopic (exact) mass is 490 g/mol. The third-order valence-corrected chi connectivity index (χ3v) is 7.01. The quantitative estimate of drug-likeness (QED) is 0.405. The topological polar surface area (TPSA) is 101 Å². The minimum Gasteiger partial charge on any atom is -0.345 e. The van der Waals surface area contributed by atoms with Crippen LogP contribution in [0, 0.1) is 5.82 Å². The van der Waals surface area contributed by atoms with Crippen molar-refractivity contribution in [1.82, 2.24) is 14.7 Å². The first kappa shape index (κ1) is 22.1. The lowest BCUT2D eigenvalue weighted by molar-refractivity contribution is 0.0941. The predicted octanol–water partition coefficient (Wildman–Crippen LogP) is 4.78. The molecule has 0 spiro atoms. The van der Waals surface area contributed by atoms with E-state index in [0.29, 0.717) is 15.6 Å². The maximum absolute atomic E-state index is 13.2. The molecule has 0 aliphatic carbocycles. The number of benzene rings is 2. The van der Waals surface area contributed by atoms with Crippen molar-refractivity contribution in [2.45, 2.75) is 18.0 Å². The Morgan fingerprint density at radius 2 is 1.91 bits per heavy atom. The Bertz CT molecular complexity index is 1410. The molecule has 2 aromatic carbocycles. The lowest BCUT2D eigenvalue weighted by atomic mass is 10.1. The standard InChI is InChI=1S/C21H16ClFN4O3S2/c1-12(13-2-5-15(23)6-3-13)26-20(28)16-7-4-14(22)10-18(16)27-32(29,30)21-17-11-25-31-19(17)8-9-24-21/h2-12,27H,1H3,(H,26,28). The summed E-state index contributed by atoms with van der Waals surface area (Å²) in [6, 6.07) is 11.2. The Labute approximate surface area is 192 Å². The molecule has 0 bridgehead atoms. The van der Waals surface area contributed by atoms with E-state index in [2.05, 4.69) is 19.4 Å². The van der Waals surface area contributed by atoms with Crippen LogP contribution >= 0.6 is 23.1 Å². The van der Waals surface area contributed by atoms with Crippen molar-refractivity contribution in [2.24, 2.45) is 0 Å². The number of rotatable bonds is 6. The minimum absolute atomic E-state index is 0.00305. The highest BCUT2D eigenvalue weighted by Gasteiger charge is 2.24. The zero-order valence-electron chi connectivity index (χ0n) is 16.5. The number of carbonyl (C=O) groups excluding carboxylic acids is 1. The van der Waals surface area contributed by atoms with E-state index < -0.39 is 22.0 Å². The number of hydrogen-bond donors (Lipinski definition) is 2. The second-order valence-corrected chi connectivity index (χ2v) is 9.76. The van der Waals surface area contributed by atoms with Crippen molar-refractivity contribution in [3.8, 4) is 0 Å². The highest BCUT2D eigenvalue weighted by atomic mass is 35.5. The van der Waals surface area contributed by atoms with E-state index in [1.165, 1.54) is 42.7 Å². The average molecular weight is 491 g/mol. The molecule has 1 amide bonds. The zero-order valence-corrected chi connectivity index (χ0v) is 18.9. The largest absolute Gasteiger partial charge is 0.345 e. The second-order valence-electron chi connectivity index (χ2n) is 6.90. The predicted molar refractivity (Wildman–Crippen MR) is 122 cm³/mol. The van der Waals surface area contributed by atoms with Crippen molar-refractivity contribution >= 4 is 54.8 Å². The third-order valence-electron chi connectivity index (χ3n) is 4.69. The number of nitrogens with one attached hydrogen (secondary N) is 2. The molecule has 2 heterocycles. The van der Waals surface area contributed by atoms with Crippen molar-refractivity contribution in [2.75, 3.05) is 4.72 Å². The molecule has 4 rings (SSSR count). The van der Waals surface area contributed by atoms with E-state index in [1.807, 2.05) is 0 Å². The van der Waals surface area contributed by atoms with Gasteiger partial charge in [0.15, 0.2) is 5.03 Å². The fourth-order valence-electron chi connectivity index (χ4n) is 3.09. The fraction of sp³-hybridized carbons (Fsp3) is 0.0952. The number of nitrogens with zero attached hydrogens (tertiary/aromatic N) is 2. The number of carbonyl (C=O) groups is 1. The van der Waals surface area contributed by atoms with Crippen LogP contribution in [-0.2, 0) is 10.0 Å². The molecule has 1 atom stereocenters. The fourth-order valence-corrected chi connectivity index (χ4v) is 5.17. The first-order chi connectivity index (χ1) is 15.2. The van der Waals surface area contributed by atoms with Gasteiger partial charge in [0.2, 0.25) is 0 Å². The van der Waals surface area contributed by atoms with Crippen molar-refractivity contribution in [3.05, 3.63) is 82.9 Å². The van der Waals surface area contributed by atoms with Gasteiger partial charge in [0.05, 0.1) is 33.6 Å². The molecule has 0 saturated heterocycles. The molecular formula is C21H16ClFN4O3S2. The van der Waals surface area contributed by atoms with Gasteiger partial charge in [-0.1, -0.05) is 23.7 Å². The lowest BCUT2D eigenvalue weighted by Gasteiger charge is -2.17. The van der Waals surface area contributed by atoms with Crippen LogP contribution in [0.5, 0.6) is 0 Å². The molecule has 0 fully saturated rings. The molecule has 0 aliphatic rings. The number of anilines is 1. The van der Waals surface area contributed by atoms with Crippen LogP contribution in [0.1, 0.15) is 28.9 Å². The number of halogens is 2. The SMILES string of the molecule is CC(NC(=O)c1ccc(Cl)cc1NS(=O)(=O)c1nccc2sncc12)c1ccc(F)cc1. The number of aromatic nitrogens is 2. The van der Waals surface area contributed by atoms with Gasteiger partial charge in [-0.2, -0.15) is 12.8 Å². The summed E-state index contributed by atoms with van der Waals surface area (Å²) < 4.78 is 46.4. The summed E-state index contributed by atoms with van der Waals surface area (Å²) in [5, 5.41) is 3.20. The van der Waals surface area contributed by atoms with Gasteiger partial charge in [0.1, 0.15) is 5.82 Å². The van der Waals surface area contributed by atoms with Crippen LogP contribution < -0.4 is 10.0 Å². The number of sulfonamides is 1. The zero-order chi connectivity index (χ0) is 22.9. The van der Waals surface area contributed by atoms with Gasteiger partial charge < -0.3 is 5.32 Å². The molecule has 11 heteroatoms. The average Bonchev–Trinajstić information content (AvgIpc) is 3.22. The van der Waals surface area contributed by atoms with Gasteiger partial charge >= 0.3 is 0 Å². The molecule has 2 aromatic heterocycles. The van der Waals surface area contributed by atoms with E-state index in [4.69, 9.17) is 11.6 Å². The highest BCUT2D eigenvalue weighted by molar-refractivity contribution is 7.92. The smallest absolute Gasteiger partial charge is 0.280 e.